The van der Waals surface area contributed by atoms with Crippen LogP contribution in [0, 0.1) is 0 Å². The summed E-state index contributed by atoms with van der Waals surface area (Å²) in [5.74, 6) is -0.0696. The average Bonchev–Trinajstić information content (AvgIpc) is 3.00. The van der Waals surface area contributed by atoms with Gasteiger partial charge in [0.1, 0.15) is 0 Å². The molecule has 6 nitrogen and oxygen atoms in total. The largest absolute Gasteiger partial charge is 0.466 e. The molecule has 43 heavy (non-hydrogen) atoms. The molecule has 1 atom stereocenters. The number of rotatable bonds is 34. The molecular weight excluding hydrogens is 538 g/mol. The van der Waals surface area contributed by atoms with Crippen LogP contribution >= 0.6 is 0 Å². The Labute approximate surface area is 267 Å². The molecule has 0 amide bonds. The van der Waals surface area contributed by atoms with Crippen molar-refractivity contribution < 1.29 is 24.2 Å². The molecule has 256 valence electrons. The van der Waals surface area contributed by atoms with E-state index < -0.39 is 0 Å². The number of nitrogens with zero attached hydrogens (tertiary/aromatic N) is 1. The van der Waals surface area contributed by atoms with E-state index >= 15 is 0 Å². The van der Waals surface area contributed by atoms with Crippen LogP contribution in [0.4, 0.5) is 0 Å². The Morgan fingerprint density at radius 3 is 1.40 bits per heavy atom. The highest BCUT2D eigenvalue weighted by Crippen LogP contribution is 2.15. The summed E-state index contributed by atoms with van der Waals surface area (Å²) in [5.41, 5.74) is 0. The SMILES string of the molecule is CCCCCCCCCOC(=O)CCCCCCCN(CCO)C(C)CCCCCCC(=O)OCCCCCCCCC. The lowest BCUT2D eigenvalue weighted by atomic mass is 10.1. The van der Waals surface area contributed by atoms with Crippen molar-refractivity contribution in [3.63, 3.8) is 0 Å². The Morgan fingerprint density at radius 1 is 0.535 bits per heavy atom. The fourth-order valence-electron chi connectivity index (χ4n) is 5.68. The number of hydrogen-bond donors (Lipinski definition) is 1. The van der Waals surface area contributed by atoms with Crippen molar-refractivity contribution in [3.8, 4) is 0 Å². The Kier molecular flexibility index (Phi) is 32.9. The van der Waals surface area contributed by atoms with E-state index in [2.05, 4.69) is 25.7 Å². The van der Waals surface area contributed by atoms with Gasteiger partial charge in [0.15, 0.2) is 0 Å². The molecule has 0 aromatic heterocycles. The summed E-state index contributed by atoms with van der Waals surface area (Å²) in [5, 5.41) is 9.54. The highest BCUT2D eigenvalue weighted by molar-refractivity contribution is 5.69. The third-order valence-corrected chi connectivity index (χ3v) is 8.61. The second-order valence-corrected chi connectivity index (χ2v) is 12.8. The molecule has 0 bridgehead atoms. The summed E-state index contributed by atoms with van der Waals surface area (Å²) in [6.45, 7) is 9.86. The molecule has 0 spiro atoms. The lowest BCUT2D eigenvalue weighted by molar-refractivity contribution is -0.144. The van der Waals surface area contributed by atoms with Gasteiger partial charge in [-0.2, -0.15) is 0 Å². The zero-order valence-electron chi connectivity index (χ0n) is 29.0. The van der Waals surface area contributed by atoms with Gasteiger partial charge in [-0.1, -0.05) is 129 Å². The molecule has 0 aromatic rings. The van der Waals surface area contributed by atoms with E-state index in [1.807, 2.05) is 0 Å². The molecule has 0 radical (unpaired) electrons. The monoisotopic (exact) mass is 612 g/mol. The number of ether oxygens (including phenoxy) is 2. The van der Waals surface area contributed by atoms with E-state index in [-0.39, 0.29) is 18.5 Å². The van der Waals surface area contributed by atoms with Gasteiger partial charge in [0.25, 0.3) is 0 Å². The quantitative estimate of drug-likeness (QED) is 0.0576. The fourth-order valence-corrected chi connectivity index (χ4v) is 5.68. The average molecular weight is 612 g/mol. The van der Waals surface area contributed by atoms with Crippen LogP contribution in [0.2, 0.25) is 0 Å². The maximum atomic E-state index is 11.9. The van der Waals surface area contributed by atoms with Crippen molar-refractivity contribution in [2.75, 3.05) is 32.9 Å². The molecule has 1 unspecified atom stereocenters. The summed E-state index contributed by atoms with van der Waals surface area (Å²) in [4.78, 5) is 26.3. The van der Waals surface area contributed by atoms with E-state index in [1.54, 1.807) is 0 Å². The van der Waals surface area contributed by atoms with Crippen LogP contribution in [0.25, 0.3) is 0 Å². The van der Waals surface area contributed by atoms with Gasteiger partial charge in [0, 0.05) is 25.4 Å². The molecule has 0 aliphatic rings. The highest BCUT2D eigenvalue weighted by Gasteiger charge is 2.13. The maximum absolute atomic E-state index is 11.9. The predicted molar refractivity (Wildman–Crippen MR) is 181 cm³/mol. The van der Waals surface area contributed by atoms with Gasteiger partial charge in [-0.05, 0) is 52.0 Å². The third-order valence-electron chi connectivity index (χ3n) is 8.61. The topological polar surface area (TPSA) is 76.1 Å². The van der Waals surface area contributed by atoms with Gasteiger partial charge in [-0.25, -0.2) is 0 Å². The van der Waals surface area contributed by atoms with Gasteiger partial charge in [-0.3, -0.25) is 14.5 Å². The number of carbonyl (C=O) groups is 2. The molecule has 0 aliphatic heterocycles. The van der Waals surface area contributed by atoms with E-state index in [1.165, 1.54) is 77.0 Å². The summed E-state index contributed by atoms with van der Waals surface area (Å²) >= 11 is 0. The lowest BCUT2D eigenvalue weighted by Gasteiger charge is -2.28. The normalized spacial score (nSPS) is 12.1. The van der Waals surface area contributed by atoms with Gasteiger partial charge >= 0.3 is 11.9 Å². The molecule has 0 heterocycles. The standard InChI is InChI=1S/C37H73NO5/c1-4-6-8-10-12-19-25-33-42-36(40)28-22-15-14-18-24-30-38(31-32-39)35(3)27-21-16-17-23-29-37(41)43-34-26-20-13-11-9-7-5-2/h35,39H,4-34H2,1-3H3. The van der Waals surface area contributed by atoms with Gasteiger partial charge in [0.2, 0.25) is 0 Å². The number of aliphatic hydroxyl groups is 1. The van der Waals surface area contributed by atoms with Gasteiger partial charge < -0.3 is 14.6 Å². The molecule has 0 fully saturated rings. The molecule has 6 heteroatoms. The van der Waals surface area contributed by atoms with Crippen molar-refractivity contribution in [1.82, 2.24) is 4.90 Å². The minimum atomic E-state index is -0.0350. The summed E-state index contributed by atoms with van der Waals surface area (Å²) < 4.78 is 10.8. The molecule has 0 aromatic carbocycles. The molecule has 1 N–H and O–H groups in total. The van der Waals surface area contributed by atoms with E-state index in [4.69, 9.17) is 9.47 Å². The van der Waals surface area contributed by atoms with Gasteiger partial charge in [-0.15, -0.1) is 0 Å². The maximum Gasteiger partial charge on any atom is 0.305 e. The summed E-state index contributed by atoms with van der Waals surface area (Å²) in [6, 6.07) is 0.463. The molecule has 0 rings (SSSR count). The number of esters is 2. The smallest absolute Gasteiger partial charge is 0.305 e. The van der Waals surface area contributed by atoms with Crippen LogP contribution in [0.3, 0.4) is 0 Å². The van der Waals surface area contributed by atoms with Crippen LogP contribution in [-0.4, -0.2) is 60.9 Å². The van der Waals surface area contributed by atoms with Crippen molar-refractivity contribution in [2.45, 2.75) is 194 Å². The fraction of sp³-hybridized carbons (Fsp3) is 0.946. The Morgan fingerprint density at radius 2 is 0.930 bits per heavy atom. The first-order chi connectivity index (χ1) is 21.0. The second kappa shape index (κ2) is 33.7. The van der Waals surface area contributed by atoms with Crippen LogP contribution in [0.15, 0.2) is 0 Å². The predicted octanol–water partition coefficient (Wildman–Crippen LogP) is 9.94. The van der Waals surface area contributed by atoms with E-state index in [9.17, 15) is 14.7 Å². The minimum absolute atomic E-state index is 0.0346. The first-order valence-corrected chi connectivity index (χ1v) is 18.7. The Hall–Kier alpha value is -1.14. The van der Waals surface area contributed by atoms with Crippen molar-refractivity contribution in [2.24, 2.45) is 0 Å². The van der Waals surface area contributed by atoms with E-state index in [0.29, 0.717) is 32.1 Å². The Bertz CT molecular complexity index is 600. The van der Waals surface area contributed by atoms with Crippen molar-refractivity contribution in [1.29, 1.82) is 0 Å². The first-order valence-electron chi connectivity index (χ1n) is 18.7. The Balaban J connectivity index is 3.68. The number of aliphatic hydroxyl groups excluding tert-OH is 1. The summed E-state index contributed by atoms with van der Waals surface area (Å²) in [7, 11) is 0. The zero-order valence-corrected chi connectivity index (χ0v) is 29.0. The lowest BCUT2D eigenvalue weighted by Crippen LogP contribution is -2.36. The first kappa shape index (κ1) is 41.9. The van der Waals surface area contributed by atoms with Crippen molar-refractivity contribution in [3.05, 3.63) is 0 Å². The molecule has 0 saturated heterocycles. The second-order valence-electron chi connectivity index (χ2n) is 12.8. The van der Waals surface area contributed by atoms with Crippen LogP contribution in [-0.2, 0) is 19.1 Å². The third kappa shape index (κ3) is 30.7. The molecule has 0 saturated carbocycles. The number of carbonyl (C=O) groups excluding carboxylic acids is 2. The summed E-state index contributed by atoms with van der Waals surface area (Å²) in [6.07, 6.45) is 29.3. The molecular formula is C37H73NO5. The highest BCUT2D eigenvalue weighted by atomic mass is 16.5. The van der Waals surface area contributed by atoms with E-state index in [0.717, 1.165) is 90.1 Å². The van der Waals surface area contributed by atoms with Crippen LogP contribution < -0.4 is 0 Å². The van der Waals surface area contributed by atoms with Gasteiger partial charge in [0.05, 0.1) is 19.8 Å². The number of hydrogen-bond acceptors (Lipinski definition) is 6. The van der Waals surface area contributed by atoms with Crippen LogP contribution in [0.1, 0.15) is 188 Å². The number of unbranched alkanes of at least 4 members (excludes halogenated alkanes) is 19. The molecule has 0 aliphatic carbocycles. The zero-order chi connectivity index (χ0) is 31.6. The van der Waals surface area contributed by atoms with Crippen LogP contribution in [0.5, 0.6) is 0 Å². The minimum Gasteiger partial charge on any atom is -0.466 e. The van der Waals surface area contributed by atoms with Crippen molar-refractivity contribution >= 4 is 11.9 Å².